The molecular formula is C20H17NO5. The number of anilines is 1. The highest BCUT2D eigenvalue weighted by Crippen LogP contribution is 2.40. The fraction of sp³-hybridized carbons (Fsp3) is 0.200. The summed E-state index contributed by atoms with van der Waals surface area (Å²) in [4.78, 5) is 25.1. The molecule has 2 aromatic carbocycles. The highest BCUT2D eigenvalue weighted by Gasteiger charge is 2.47. The number of aryl methyl sites for hydroxylation is 1. The molecule has 1 unspecified atom stereocenters. The lowest BCUT2D eigenvalue weighted by atomic mass is 9.88. The van der Waals surface area contributed by atoms with Crippen LogP contribution < -0.4 is 10.1 Å². The highest BCUT2D eigenvalue weighted by molar-refractivity contribution is 6.09. The Labute approximate surface area is 149 Å². The summed E-state index contributed by atoms with van der Waals surface area (Å²) in [5.41, 5.74) is 0.352. The molecule has 2 heterocycles. The molecule has 0 aliphatic carbocycles. The Morgan fingerprint density at radius 1 is 1.27 bits per heavy atom. The van der Waals surface area contributed by atoms with E-state index < -0.39 is 23.7 Å². The molecule has 0 fully saturated rings. The average Bonchev–Trinajstić information content (AvgIpc) is 3.16. The number of carbonyl (C=O) groups excluding carboxylic acids is 2. The largest absolute Gasteiger partial charge is 0.493 e. The summed E-state index contributed by atoms with van der Waals surface area (Å²) in [5, 5.41) is 14.3. The third-order valence-corrected chi connectivity index (χ3v) is 4.66. The van der Waals surface area contributed by atoms with Gasteiger partial charge in [-0.25, -0.2) is 0 Å². The summed E-state index contributed by atoms with van der Waals surface area (Å²) in [6, 6.07) is 12.2. The maximum atomic E-state index is 12.7. The van der Waals surface area contributed by atoms with Crippen molar-refractivity contribution in [2.45, 2.75) is 18.9 Å². The predicted octanol–water partition coefficient (Wildman–Crippen LogP) is 3.16. The average molecular weight is 351 g/mol. The number of rotatable bonds is 4. The molecular weight excluding hydrogens is 334 g/mol. The molecule has 4 rings (SSSR count). The fourth-order valence-corrected chi connectivity index (χ4v) is 3.29. The van der Waals surface area contributed by atoms with E-state index >= 15 is 0 Å². The molecule has 6 heteroatoms. The highest BCUT2D eigenvalue weighted by atomic mass is 16.5. The van der Waals surface area contributed by atoms with Gasteiger partial charge in [-0.1, -0.05) is 29.8 Å². The molecule has 0 saturated heterocycles. The first-order valence-electron chi connectivity index (χ1n) is 8.17. The summed E-state index contributed by atoms with van der Waals surface area (Å²) < 4.78 is 10.9. The van der Waals surface area contributed by atoms with E-state index in [2.05, 4.69) is 5.32 Å². The first-order chi connectivity index (χ1) is 12.4. The molecule has 0 saturated carbocycles. The van der Waals surface area contributed by atoms with E-state index in [0.29, 0.717) is 28.0 Å². The van der Waals surface area contributed by atoms with Crippen LogP contribution in [0.2, 0.25) is 0 Å². The molecule has 26 heavy (non-hydrogen) atoms. The number of nitrogens with one attached hydrogen (secondary N) is 1. The van der Waals surface area contributed by atoms with Crippen molar-refractivity contribution in [1.82, 2.24) is 0 Å². The Morgan fingerprint density at radius 2 is 2.08 bits per heavy atom. The van der Waals surface area contributed by atoms with Gasteiger partial charge in [-0.05, 0) is 25.1 Å². The van der Waals surface area contributed by atoms with Gasteiger partial charge in [0.05, 0.1) is 13.5 Å². The smallest absolute Gasteiger partial charge is 0.261 e. The van der Waals surface area contributed by atoms with Gasteiger partial charge in [0.15, 0.2) is 22.7 Å². The lowest BCUT2D eigenvalue weighted by molar-refractivity contribution is -0.133. The number of Topliss-reactive ketones (excluding diaryl/α,β-unsaturated/α-hetero) is 1. The Bertz CT molecular complexity index is 1050. The van der Waals surface area contributed by atoms with Crippen LogP contribution >= 0.6 is 0 Å². The number of ether oxygens (including phenoxy) is 1. The Kier molecular flexibility index (Phi) is 3.59. The fourth-order valence-electron chi connectivity index (χ4n) is 3.29. The number of benzene rings is 2. The van der Waals surface area contributed by atoms with Crippen molar-refractivity contribution in [3.8, 4) is 5.75 Å². The summed E-state index contributed by atoms with van der Waals surface area (Å²) >= 11 is 0. The van der Waals surface area contributed by atoms with Crippen LogP contribution in [0.25, 0.3) is 11.0 Å². The minimum absolute atomic E-state index is 0.0758. The Morgan fingerprint density at radius 3 is 2.85 bits per heavy atom. The van der Waals surface area contributed by atoms with E-state index in [9.17, 15) is 14.7 Å². The second-order valence-electron chi connectivity index (χ2n) is 6.45. The van der Waals surface area contributed by atoms with Gasteiger partial charge in [0.1, 0.15) is 0 Å². The van der Waals surface area contributed by atoms with Crippen LogP contribution in [0, 0.1) is 6.92 Å². The molecule has 0 spiro atoms. The third-order valence-electron chi connectivity index (χ3n) is 4.66. The van der Waals surface area contributed by atoms with Gasteiger partial charge >= 0.3 is 0 Å². The molecule has 1 aliphatic heterocycles. The van der Waals surface area contributed by atoms with Gasteiger partial charge < -0.3 is 19.6 Å². The van der Waals surface area contributed by atoms with Gasteiger partial charge in [0, 0.05) is 16.6 Å². The predicted molar refractivity (Wildman–Crippen MR) is 95.4 cm³/mol. The number of carbonyl (C=O) groups is 2. The molecule has 6 nitrogen and oxygen atoms in total. The van der Waals surface area contributed by atoms with Crippen LogP contribution in [0.4, 0.5) is 5.69 Å². The van der Waals surface area contributed by atoms with E-state index in [1.165, 1.54) is 7.11 Å². The molecule has 1 aliphatic rings. The zero-order valence-electron chi connectivity index (χ0n) is 14.3. The van der Waals surface area contributed by atoms with Crippen molar-refractivity contribution >= 4 is 28.3 Å². The number of hydrogen-bond acceptors (Lipinski definition) is 5. The van der Waals surface area contributed by atoms with Gasteiger partial charge in [-0.2, -0.15) is 0 Å². The van der Waals surface area contributed by atoms with Crippen molar-refractivity contribution < 1.29 is 23.8 Å². The van der Waals surface area contributed by atoms with Crippen LogP contribution in [0.3, 0.4) is 0 Å². The SMILES string of the molecule is COc1cccc2cc(C(=O)CC3(O)C(=O)Nc4ccc(C)cc43)oc12. The first kappa shape index (κ1) is 16.4. The van der Waals surface area contributed by atoms with E-state index in [-0.39, 0.29) is 5.76 Å². The van der Waals surface area contributed by atoms with Crippen molar-refractivity contribution in [2.24, 2.45) is 0 Å². The van der Waals surface area contributed by atoms with Crippen LogP contribution in [0.1, 0.15) is 28.1 Å². The first-order valence-corrected chi connectivity index (χ1v) is 8.17. The molecule has 132 valence electrons. The monoisotopic (exact) mass is 351 g/mol. The number of amides is 1. The minimum atomic E-state index is -1.92. The van der Waals surface area contributed by atoms with Crippen molar-refractivity contribution in [2.75, 3.05) is 12.4 Å². The molecule has 0 radical (unpaired) electrons. The second-order valence-corrected chi connectivity index (χ2v) is 6.45. The molecule has 3 aromatic rings. The summed E-state index contributed by atoms with van der Waals surface area (Å²) in [5.74, 6) is -0.484. The quantitative estimate of drug-likeness (QED) is 0.705. The Hall–Kier alpha value is -3.12. The Balaban J connectivity index is 1.71. The van der Waals surface area contributed by atoms with E-state index in [1.54, 1.807) is 36.4 Å². The molecule has 2 N–H and O–H groups in total. The van der Waals surface area contributed by atoms with Crippen molar-refractivity contribution in [3.63, 3.8) is 0 Å². The zero-order valence-corrected chi connectivity index (χ0v) is 14.3. The van der Waals surface area contributed by atoms with Crippen molar-refractivity contribution in [3.05, 3.63) is 59.4 Å². The number of aliphatic hydroxyl groups is 1. The minimum Gasteiger partial charge on any atom is -0.493 e. The standard InChI is InChI=1S/C20H17NO5/c1-11-6-7-14-13(8-11)20(24,19(23)21-14)10-15(22)17-9-12-4-3-5-16(25-2)18(12)26-17/h3-9,24H,10H2,1-2H3,(H,21,23). The number of para-hydroxylation sites is 1. The van der Waals surface area contributed by atoms with E-state index in [4.69, 9.17) is 9.15 Å². The summed E-state index contributed by atoms with van der Waals surface area (Å²) in [6.45, 7) is 1.86. The van der Waals surface area contributed by atoms with Gasteiger partial charge in [0.25, 0.3) is 5.91 Å². The maximum Gasteiger partial charge on any atom is 0.261 e. The van der Waals surface area contributed by atoms with E-state index in [1.807, 2.05) is 13.0 Å². The van der Waals surface area contributed by atoms with Crippen molar-refractivity contribution in [1.29, 1.82) is 0 Å². The van der Waals surface area contributed by atoms with Gasteiger partial charge in [-0.15, -0.1) is 0 Å². The normalized spacial score (nSPS) is 18.7. The maximum absolute atomic E-state index is 12.7. The zero-order chi connectivity index (χ0) is 18.5. The molecule has 0 bridgehead atoms. The summed E-state index contributed by atoms with van der Waals surface area (Å²) in [6.07, 6.45) is -0.405. The lowest BCUT2D eigenvalue weighted by Gasteiger charge is -2.19. The third kappa shape index (κ3) is 2.38. The summed E-state index contributed by atoms with van der Waals surface area (Å²) in [7, 11) is 1.52. The van der Waals surface area contributed by atoms with Gasteiger partial charge in [-0.3, -0.25) is 9.59 Å². The molecule has 1 amide bonds. The lowest BCUT2D eigenvalue weighted by Crippen LogP contribution is -2.36. The number of fused-ring (bicyclic) bond motifs is 2. The molecule has 1 aromatic heterocycles. The number of furan rings is 1. The van der Waals surface area contributed by atoms with Crippen LogP contribution in [-0.4, -0.2) is 23.9 Å². The molecule has 1 atom stereocenters. The number of hydrogen-bond donors (Lipinski definition) is 2. The van der Waals surface area contributed by atoms with E-state index in [0.717, 1.165) is 5.56 Å². The van der Waals surface area contributed by atoms with Crippen LogP contribution in [-0.2, 0) is 10.4 Å². The topological polar surface area (TPSA) is 88.8 Å². The van der Waals surface area contributed by atoms with Crippen LogP contribution in [0.15, 0.2) is 46.9 Å². The number of methoxy groups -OCH3 is 1. The second kappa shape index (κ2) is 5.71. The van der Waals surface area contributed by atoms with Gasteiger partial charge in [0.2, 0.25) is 5.78 Å². The number of ketones is 1. The van der Waals surface area contributed by atoms with Crippen LogP contribution in [0.5, 0.6) is 5.75 Å².